The number of ether oxygens (including phenoxy) is 2. The van der Waals surface area contributed by atoms with Gasteiger partial charge in [0, 0.05) is 5.69 Å². The highest BCUT2D eigenvalue weighted by atomic mass is 32.2. The molecule has 35 heavy (non-hydrogen) atoms. The van der Waals surface area contributed by atoms with Crippen LogP contribution >= 0.6 is 24.0 Å². The molecule has 2 heterocycles. The van der Waals surface area contributed by atoms with Crippen molar-refractivity contribution in [1.82, 2.24) is 4.90 Å². The highest BCUT2D eigenvalue weighted by molar-refractivity contribution is 8.26. The van der Waals surface area contributed by atoms with Gasteiger partial charge in [-0.25, -0.2) is 4.39 Å². The summed E-state index contributed by atoms with van der Waals surface area (Å²) in [6.07, 6.45) is 3.28. The van der Waals surface area contributed by atoms with Crippen molar-refractivity contribution in [3.63, 3.8) is 0 Å². The zero-order valence-electron chi connectivity index (χ0n) is 18.7. The third-order valence-electron chi connectivity index (χ3n) is 4.82. The van der Waals surface area contributed by atoms with E-state index < -0.39 is 5.91 Å². The molecule has 10 heteroatoms. The Labute approximate surface area is 210 Å². The van der Waals surface area contributed by atoms with Crippen molar-refractivity contribution >= 4 is 51.9 Å². The van der Waals surface area contributed by atoms with Gasteiger partial charge in [-0.1, -0.05) is 30.0 Å². The topological polar surface area (TPSA) is 81.0 Å². The second-order valence-electron chi connectivity index (χ2n) is 7.33. The van der Waals surface area contributed by atoms with Gasteiger partial charge in [0.15, 0.2) is 18.1 Å². The van der Waals surface area contributed by atoms with Crippen molar-refractivity contribution in [3.8, 4) is 11.5 Å². The number of furan rings is 1. The highest BCUT2D eigenvalue weighted by Gasteiger charge is 2.32. The van der Waals surface area contributed by atoms with Gasteiger partial charge in [-0.05, 0) is 67.1 Å². The average Bonchev–Trinajstić information content (AvgIpc) is 3.44. The second-order valence-corrected chi connectivity index (χ2v) is 9.01. The molecule has 2 amide bonds. The van der Waals surface area contributed by atoms with E-state index in [1.54, 1.807) is 42.7 Å². The summed E-state index contributed by atoms with van der Waals surface area (Å²) in [7, 11) is 0. The SMILES string of the molecule is CCOc1cc(/C=C2\SC(=S)N(Cc3ccco3)C2=O)ccc1OCC(=O)Nc1ccc(F)cc1. The van der Waals surface area contributed by atoms with Gasteiger partial charge >= 0.3 is 0 Å². The Morgan fingerprint density at radius 3 is 2.69 bits per heavy atom. The lowest BCUT2D eigenvalue weighted by molar-refractivity contribution is -0.122. The zero-order valence-corrected chi connectivity index (χ0v) is 20.3. The number of benzene rings is 2. The third-order valence-corrected chi connectivity index (χ3v) is 6.20. The quantitative estimate of drug-likeness (QED) is 0.310. The maximum atomic E-state index is 13.0. The van der Waals surface area contributed by atoms with E-state index in [0.717, 1.165) is 5.56 Å². The molecule has 0 radical (unpaired) electrons. The van der Waals surface area contributed by atoms with Crippen molar-refractivity contribution in [2.75, 3.05) is 18.5 Å². The van der Waals surface area contributed by atoms with Crippen LogP contribution in [0.5, 0.6) is 11.5 Å². The number of amides is 2. The molecule has 1 aliphatic rings. The number of thiocarbonyl (C=S) groups is 1. The summed E-state index contributed by atoms with van der Waals surface area (Å²) in [4.78, 5) is 27.0. The summed E-state index contributed by atoms with van der Waals surface area (Å²) in [6.45, 7) is 2.22. The molecule has 1 saturated heterocycles. The van der Waals surface area contributed by atoms with Crippen LogP contribution in [0.2, 0.25) is 0 Å². The van der Waals surface area contributed by atoms with Crippen molar-refractivity contribution in [2.24, 2.45) is 0 Å². The number of halogens is 1. The van der Waals surface area contributed by atoms with Gasteiger partial charge < -0.3 is 19.2 Å². The minimum atomic E-state index is -0.400. The van der Waals surface area contributed by atoms with Crippen molar-refractivity contribution in [1.29, 1.82) is 0 Å². The predicted octanol–water partition coefficient (Wildman–Crippen LogP) is 5.24. The molecule has 2 aromatic carbocycles. The molecule has 3 aromatic rings. The Morgan fingerprint density at radius 2 is 1.97 bits per heavy atom. The Kier molecular flexibility index (Phi) is 7.84. The van der Waals surface area contributed by atoms with Gasteiger partial charge in [0.1, 0.15) is 15.9 Å². The van der Waals surface area contributed by atoms with Crippen LogP contribution in [-0.2, 0) is 16.1 Å². The van der Waals surface area contributed by atoms with Crippen LogP contribution in [0.3, 0.4) is 0 Å². The van der Waals surface area contributed by atoms with E-state index in [0.29, 0.717) is 38.8 Å². The van der Waals surface area contributed by atoms with E-state index in [-0.39, 0.29) is 24.9 Å². The number of thioether (sulfide) groups is 1. The summed E-state index contributed by atoms with van der Waals surface area (Å²) in [5.74, 6) is 0.465. The van der Waals surface area contributed by atoms with Crippen LogP contribution in [0.25, 0.3) is 6.08 Å². The van der Waals surface area contributed by atoms with Crippen LogP contribution in [0.15, 0.2) is 70.2 Å². The van der Waals surface area contributed by atoms with Gasteiger partial charge in [-0.3, -0.25) is 14.5 Å². The lowest BCUT2D eigenvalue weighted by Crippen LogP contribution is -2.27. The molecular weight excluding hydrogens is 491 g/mol. The minimum Gasteiger partial charge on any atom is -0.490 e. The number of hydrogen-bond acceptors (Lipinski definition) is 7. The number of carbonyl (C=O) groups excluding carboxylic acids is 2. The van der Waals surface area contributed by atoms with Crippen molar-refractivity contribution in [3.05, 3.63) is 82.9 Å². The number of nitrogens with one attached hydrogen (secondary N) is 1. The molecule has 1 N–H and O–H groups in total. The molecule has 0 atom stereocenters. The maximum Gasteiger partial charge on any atom is 0.266 e. The predicted molar refractivity (Wildman–Crippen MR) is 136 cm³/mol. The Bertz CT molecular complexity index is 1260. The number of nitrogens with zero attached hydrogens (tertiary/aromatic N) is 1. The first kappa shape index (κ1) is 24.5. The lowest BCUT2D eigenvalue weighted by Gasteiger charge is -2.13. The third kappa shape index (κ3) is 6.28. The molecule has 1 fully saturated rings. The summed E-state index contributed by atoms with van der Waals surface area (Å²) >= 11 is 6.59. The van der Waals surface area contributed by atoms with Gasteiger partial charge in [-0.15, -0.1) is 0 Å². The average molecular weight is 513 g/mol. The Hall–Kier alpha value is -3.63. The fraction of sp³-hybridized carbons (Fsp3) is 0.160. The van der Waals surface area contributed by atoms with E-state index in [1.807, 2.05) is 6.92 Å². The second kappa shape index (κ2) is 11.2. The molecular formula is C25H21FN2O5S2. The van der Waals surface area contributed by atoms with E-state index in [1.165, 1.54) is 40.9 Å². The lowest BCUT2D eigenvalue weighted by atomic mass is 10.2. The smallest absolute Gasteiger partial charge is 0.266 e. The molecule has 0 saturated carbocycles. The summed E-state index contributed by atoms with van der Waals surface area (Å²) < 4.78 is 30.1. The molecule has 1 aliphatic heterocycles. The molecule has 180 valence electrons. The van der Waals surface area contributed by atoms with Gasteiger partial charge in [0.25, 0.3) is 11.8 Å². The van der Waals surface area contributed by atoms with Gasteiger partial charge in [0.05, 0.1) is 24.3 Å². The number of carbonyl (C=O) groups is 2. The van der Waals surface area contributed by atoms with Crippen LogP contribution < -0.4 is 14.8 Å². The van der Waals surface area contributed by atoms with Crippen LogP contribution in [-0.4, -0.2) is 34.2 Å². The van der Waals surface area contributed by atoms with E-state index >= 15 is 0 Å². The summed E-state index contributed by atoms with van der Waals surface area (Å²) in [6, 6.07) is 14.1. The highest BCUT2D eigenvalue weighted by Crippen LogP contribution is 2.35. The largest absolute Gasteiger partial charge is 0.490 e. The molecule has 0 unspecified atom stereocenters. The van der Waals surface area contributed by atoms with Gasteiger partial charge in [0.2, 0.25) is 0 Å². The summed E-state index contributed by atoms with van der Waals surface area (Å²) in [5.41, 5.74) is 1.18. The summed E-state index contributed by atoms with van der Waals surface area (Å²) in [5, 5.41) is 2.63. The normalized spacial score (nSPS) is 14.5. The van der Waals surface area contributed by atoms with E-state index in [2.05, 4.69) is 5.32 Å². The van der Waals surface area contributed by atoms with Crippen LogP contribution in [0.1, 0.15) is 18.2 Å². The van der Waals surface area contributed by atoms with E-state index in [4.69, 9.17) is 26.1 Å². The first-order valence-corrected chi connectivity index (χ1v) is 11.9. The molecule has 7 nitrogen and oxygen atoms in total. The maximum absolute atomic E-state index is 13.0. The number of hydrogen-bond donors (Lipinski definition) is 1. The number of anilines is 1. The Balaban J connectivity index is 1.43. The number of rotatable bonds is 9. The van der Waals surface area contributed by atoms with Crippen LogP contribution in [0, 0.1) is 5.82 Å². The molecule has 0 bridgehead atoms. The minimum absolute atomic E-state index is 0.202. The zero-order chi connectivity index (χ0) is 24.8. The van der Waals surface area contributed by atoms with Crippen molar-refractivity contribution in [2.45, 2.75) is 13.5 Å². The first-order valence-electron chi connectivity index (χ1n) is 10.7. The monoisotopic (exact) mass is 512 g/mol. The van der Waals surface area contributed by atoms with Gasteiger partial charge in [-0.2, -0.15) is 0 Å². The first-order chi connectivity index (χ1) is 16.9. The van der Waals surface area contributed by atoms with Crippen molar-refractivity contribution < 1.29 is 27.9 Å². The molecule has 0 spiro atoms. The fourth-order valence-electron chi connectivity index (χ4n) is 3.22. The molecule has 1 aromatic heterocycles. The molecule has 4 rings (SSSR count). The Morgan fingerprint density at radius 1 is 1.17 bits per heavy atom. The standard InChI is InChI=1S/C25H21FN2O5S2/c1-2-31-21-12-16(13-22-24(30)28(25(34)35-22)14-19-4-3-11-32-19)5-10-20(21)33-15-23(29)27-18-8-6-17(26)7-9-18/h3-13H,2,14-15H2,1H3,(H,27,29)/b22-13-. The molecule has 0 aliphatic carbocycles. The fourth-order valence-corrected chi connectivity index (χ4v) is 4.48. The van der Waals surface area contributed by atoms with Crippen LogP contribution in [0.4, 0.5) is 10.1 Å². The van der Waals surface area contributed by atoms with E-state index in [9.17, 15) is 14.0 Å².